The monoisotopic (exact) mass is 574 g/mol. The summed E-state index contributed by atoms with van der Waals surface area (Å²) in [5.74, 6) is 0.309. The molecule has 0 saturated carbocycles. The Hall–Kier alpha value is -3.26. The first-order valence-electron chi connectivity index (χ1n) is 16.1. The van der Waals surface area contributed by atoms with Gasteiger partial charge in [-0.15, -0.1) is 0 Å². The third kappa shape index (κ3) is 4.19. The highest BCUT2D eigenvalue weighted by Gasteiger charge is 2.67. The SMILES string of the molecule is C=C(Cc1ccc(CC)cc1)Cc1ccc2c(c1C)C(=C)C1=C(C)[C@@]3(C)C(=O)C(C(C)=O)=C(C)C[C@@]3(C)[C@H](C)[C@@]1(C)[C@@H]2C. The van der Waals surface area contributed by atoms with Crippen LogP contribution in [0, 0.1) is 29.1 Å². The van der Waals surface area contributed by atoms with Crippen LogP contribution >= 0.6 is 0 Å². The molecule has 5 rings (SSSR count). The van der Waals surface area contributed by atoms with E-state index in [1.165, 1.54) is 44.5 Å². The maximum atomic E-state index is 14.4. The molecule has 0 N–H and O–H groups in total. The topological polar surface area (TPSA) is 34.1 Å². The molecule has 0 amide bonds. The van der Waals surface area contributed by atoms with Gasteiger partial charge in [0.1, 0.15) is 0 Å². The summed E-state index contributed by atoms with van der Waals surface area (Å²) in [6.45, 7) is 30.9. The Morgan fingerprint density at radius 3 is 2.14 bits per heavy atom. The molecular weight excluding hydrogens is 524 g/mol. The van der Waals surface area contributed by atoms with Crippen LogP contribution in [0.4, 0.5) is 0 Å². The first-order valence-corrected chi connectivity index (χ1v) is 16.1. The van der Waals surface area contributed by atoms with E-state index in [0.29, 0.717) is 5.57 Å². The molecule has 43 heavy (non-hydrogen) atoms. The zero-order chi connectivity index (χ0) is 31.8. The first kappa shape index (κ1) is 31.2. The second kappa shape index (κ2) is 10.4. The van der Waals surface area contributed by atoms with Crippen LogP contribution in [0.15, 0.2) is 77.4 Å². The number of hydrogen-bond acceptors (Lipinski definition) is 2. The third-order valence-corrected chi connectivity index (χ3v) is 12.7. The molecule has 0 aromatic heterocycles. The van der Waals surface area contributed by atoms with Gasteiger partial charge in [-0.05, 0) is 122 Å². The van der Waals surface area contributed by atoms with E-state index in [1.807, 2.05) is 6.92 Å². The fraction of sp³-hybridized carbons (Fsp3) is 0.463. The Kier molecular flexibility index (Phi) is 7.56. The summed E-state index contributed by atoms with van der Waals surface area (Å²) < 4.78 is 0. The Bertz CT molecular complexity index is 1640. The molecule has 0 fully saturated rings. The molecule has 2 aromatic rings. The number of hydrogen-bond donors (Lipinski definition) is 0. The lowest BCUT2D eigenvalue weighted by Crippen LogP contribution is -2.61. The summed E-state index contributed by atoms with van der Waals surface area (Å²) in [5, 5.41) is 0. The fourth-order valence-electron chi connectivity index (χ4n) is 9.53. The van der Waals surface area contributed by atoms with Gasteiger partial charge in [0.15, 0.2) is 11.6 Å². The number of Topliss-reactive ketones (excluding diaryl/α,β-unsaturated/α-hetero) is 2. The normalized spacial score (nSPS) is 30.2. The van der Waals surface area contributed by atoms with Gasteiger partial charge in [-0.2, -0.15) is 0 Å². The molecule has 0 heterocycles. The fourth-order valence-corrected chi connectivity index (χ4v) is 9.53. The average Bonchev–Trinajstić information content (AvgIpc) is 2.94. The predicted octanol–water partition coefficient (Wildman–Crippen LogP) is 9.89. The van der Waals surface area contributed by atoms with Gasteiger partial charge >= 0.3 is 0 Å². The zero-order valence-electron chi connectivity index (χ0n) is 28.2. The lowest BCUT2D eigenvalue weighted by Gasteiger charge is -2.65. The molecule has 0 aliphatic heterocycles. The minimum Gasteiger partial charge on any atom is -0.294 e. The second-order valence-electron chi connectivity index (χ2n) is 14.6. The van der Waals surface area contributed by atoms with E-state index in [9.17, 15) is 9.59 Å². The number of allylic oxidation sites excluding steroid dienone is 6. The van der Waals surface area contributed by atoms with E-state index in [-0.39, 0.29) is 34.2 Å². The second-order valence-corrected chi connectivity index (χ2v) is 14.6. The summed E-state index contributed by atoms with van der Waals surface area (Å²) in [5.41, 5.74) is 12.4. The third-order valence-electron chi connectivity index (χ3n) is 12.7. The smallest absolute Gasteiger partial charge is 0.176 e. The van der Waals surface area contributed by atoms with Gasteiger partial charge in [-0.3, -0.25) is 9.59 Å². The van der Waals surface area contributed by atoms with Crippen LogP contribution < -0.4 is 0 Å². The van der Waals surface area contributed by atoms with Crippen molar-refractivity contribution in [1.82, 2.24) is 0 Å². The number of carbonyl (C=O) groups excluding carboxylic acids is 2. The molecule has 0 saturated heterocycles. The predicted molar refractivity (Wildman–Crippen MR) is 180 cm³/mol. The van der Waals surface area contributed by atoms with Gasteiger partial charge in [0.2, 0.25) is 0 Å². The minimum atomic E-state index is -0.769. The zero-order valence-corrected chi connectivity index (χ0v) is 28.2. The molecule has 2 nitrogen and oxygen atoms in total. The van der Waals surface area contributed by atoms with Crippen molar-refractivity contribution in [2.75, 3.05) is 0 Å². The van der Waals surface area contributed by atoms with Crippen LogP contribution in [0.1, 0.15) is 108 Å². The first-order chi connectivity index (χ1) is 20.0. The number of aryl methyl sites for hydroxylation is 1. The van der Waals surface area contributed by atoms with E-state index in [2.05, 4.69) is 98.4 Å². The molecule has 2 heteroatoms. The summed E-state index contributed by atoms with van der Waals surface area (Å²) >= 11 is 0. The summed E-state index contributed by atoms with van der Waals surface area (Å²) in [7, 11) is 0. The number of fused-ring (bicyclic) bond motifs is 3. The average molecular weight is 575 g/mol. The van der Waals surface area contributed by atoms with E-state index in [0.717, 1.165) is 42.4 Å². The summed E-state index contributed by atoms with van der Waals surface area (Å²) in [6.07, 6.45) is 3.48. The van der Waals surface area contributed by atoms with Gasteiger partial charge in [0.25, 0.3) is 0 Å². The van der Waals surface area contributed by atoms with Gasteiger partial charge in [0, 0.05) is 5.41 Å². The molecule has 3 aliphatic carbocycles. The number of carbonyl (C=O) groups is 2. The van der Waals surface area contributed by atoms with Crippen molar-refractivity contribution in [2.24, 2.45) is 22.2 Å². The van der Waals surface area contributed by atoms with Crippen molar-refractivity contribution in [3.8, 4) is 0 Å². The highest BCUT2D eigenvalue weighted by molar-refractivity contribution is 6.23. The van der Waals surface area contributed by atoms with Gasteiger partial charge in [0.05, 0.1) is 11.0 Å². The van der Waals surface area contributed by atoms with Gasteiger partial charge in [-0.25, -0.2) is 0 Å². The Morgan fingerprint density at radius 1 is 0.953 bits per heavy atom. The van der Waals surface area contributed by atoms with Crippen LogP contribution in [0.5, 0.6) is 0 Å². The summed E-state index contributed by atoms with van der Waals surface area (Å²) in [4.78, 5) is 27.1. The van der Waals surface area contributed by atoms with Crippen LogP contribution in [0.3, 0.4) is 0 Å². The Labute approximate surface area is 260 Å². The van der Waals surface area contributed by atoms with Crippen molar-refractivity contribution in [3.63, 3.8) is 0 Å². The lowest BCUT2D eigenvalue weighted by molar-refractivity contribution is -0.139. The summed E-state index contributed by atoms with van der Waals surface area (Å²) in [6, 6.07) is 13.5. The molecule has 226 valence electrons. The number of ketones is 2. The standard InChI is InChI=1S/C41H50O2/c1-13-31-14-16-32(17-15-31)20-23(2)21-33-18-19-34-27(6)40(11)30(9)39(10)22-24(3)35(29(8)42)38(43)41(39,12)28(7)37(40)26(5)36(34)25(33)4/h14-19,27,30H,2,5,13,20-22H2,1,3-4,6-12H3/t27-,30+,39+,40-,41+/m1/s1. The maximum Gasteiger partial charge on any atom is 0.176 e. The van der Waals surface area contributed by atoms with Crippen LogP contribution in [0.25, 0.3) is 5.57 Å². The van der Waals surface area contributed by atoms with Gasteiger partial charge < -0.3 is 0 Å². The van der Waals surface area contributed by atoms with E-state index >= 15 is 0 Å². The van der Waals surface area contributed by atoms with E-state index in [4.69, 9.17) is 6.58 Å². The molecule has 2 aromatic carbocycles. The molecule has 0 spiro atoms. The van der Waals surface area contributed by atoms with Gasteiger partial charge in [-0.1, -0.05) is 101 Å². The van der Waals surface area contributed by atoms with Crippen molar-refractivity contribution in [1.29, 1.82) is 0 Å². The Balaban J connectivity index is 1.60. The number of rotatable bonds is 6. The molecule has 3 aliphatic rings. The molecule has 0 radical (unpaired) electrons. The van der Waals surface area contributed by atoms with Crippen LogP contribution in [-0.4, -0.2) is 11.6 Å². The molecule has 0 bridgehead atoms. The number of benzene rings is 2. The van der Waals surface area contributed by atoms with Crippen molar-refractivity contribution < 1.29 is 9.59 Å². The van der Waals surface area contributed by atoms with Crippen molar-refractivity contribution in [2.45, 2.75) is 101 Å². The quantitative estimate of drug-likeness (QED) is 0.254. The molecular formula is C41H50O2. The van der Waals surface area contributed by atoms with Crippen LogP contribution in [-0.2, 0) is 28.9 Å². The van der Waals surface area contributed by atoms with E-state index in [1.54, 1.807) is 6.92 Å². The Morgan fingerprint density at radius 2 is 1.56 bits per heavy atom. The minimum absolute atomic E-state index is 0.00913. The maximum absolute atomic E-state index is 14.4. The largest absolute Gasteiger partial charge is 0.294 e. The molecule has 0 unspecified atom stereocenters. The molecule has 5 atom stereocenters. The highest BCUT2D eigenvalue weighted by atomic mass is 16.1. The van der Waals surface area contributed by atoms with Crippen molar-refractivity contribution in [3.05, 3.63) is 111 Å². The lowest BCUT2D eigenvalue weighted by atomic mass is 9.37. The van der Waals surface area contributed by atoms with Crippen molar-refractivity contribution >= 4 is 17.1 Å². The van der Waals surface area contributed by atoms with Crippen LogP contribution in [0.2, 0.25) is 0 Å². The highest BCUT2D eigenvalue weighted by Crippen LogP contribution is 2.72. The van der Waals surface area contributed by atoms with E-state index < -0.39 is 5.41 Å².